The van der Waals surface area contributed by atoms with E-state index in [4.69, 9.17) is 4.55 Å². The number of anilines is 1. The summed E-state index contributed by atoms with van der Waals surface area (Å²) in [6, 6.07) is 29.5. The van der Waals surface area contributed by atoms with Gasteiger partial charge in [-0.2, -0.15) is 23.8 Å². The van der Waals surface area contributed by atoms with E-state index in [1.807, 2.05) is 6.07 Å². The van der Waals surface area contributed by atoms with Gasteiger partial charge < -0.3 is 13.3 Å². The normalized spacial score (nSPS) is 11.3. The topological polar surface area (TPSA) is 153 Å². The number of carbonyl (C=O) groups excluding carboxylic acids is 1. The predicted octanol–water partition coefficient (Wildman–Crippen LogP) is 2.11. The van der Waals surface area contributed by atoms with E-state index in [2.05, 4.69) is 25.8 Å². The zero-order valence-corrected chi connectivity index (χ0v) is 27.5. The molecular formula is C29H23N5Na2O5S. The summed E-state index contributed by atoms with van der Waals surface area (Å²) in [5.74, 6) is -0.260. The van der Waals surface area contributed by atoms with Crippen LogP contribution in [0.2, 0.25) is 0 Å². The first-order valence-electron chi connectivity index (χ1n) is 11.9. The molecule has 42 heavy (non-hydrogen) atoms. The van der Waals surface area contributed by atoms with E-state index in [0.717, 1.165) is 5.39 Å². The predicted molar refractivity (Wildman–Crippen MR) is 153 cm³/mol. The number of benzene rings is 5. The standard InChI is InChI=1S/C29H21N5O5S.2Na.2H/c35-28-26-16-13-24(30-29(36)19-4-2-1-3-5-19)18-20(26)6-17-27(28)34-33-22-9-7-21(8-10-22)31-32-23-11-14-25(15-12-23)40(37,38)39;;;;/h1-18,35H,(H,30,36)(H,37,38,39);;;;/q;2*+1;2*-1. The van der Waals surface area contributed by atoms with Gasteiger partial charge in [0.05, 0.1) is 22.0 Å². The zero-order chi connectivity index (χ0) is 28.1. The summed E-state index contributed by atoms with van der Waals surface area (Å²) in [6.45, 7) is 0. The average molecular weight is 600 g/mol. The van der Waals surface area contributed by atoms with Crippen LogP contribution in [0, 0.1) is 0 Å². The molecule has 0 saturated carbocycles. The number of fused-ring (bicyclic) bond motifs is 1. The van der Waals surface area contributed by atoms with Gasteiger partial charge in [-0.25, -0.2) is 0 Å². The maximum atomic E-state index is 12.4. The number of hydrogen-bond acceptors (Lipinski definition) is 8. The number of hydrogen-bond donors (Lipinski definition) is 3. The van der Waals surface area contributed by atoms with E-state index in [9.17, 15) is 18.3 Å². The first-order chi connectivity index (χ1) is 19.3. The monoisotopic (exact) mass is 599 g/mol. The Balaban J connectivity index is 0.00000242. The van der Waals surface area contributed by atoms with E-state index >= 15 is 0 Å². The van der Waals surface area contributed by atoms with E-state index in [1.165, 1.54) is 24.3 Å². The number of rotatable bonds is 7. The molecule has 5 aromatic carbocycles. The smallest absolute Gasteiger partial charge is 1.00 e. The molecule has 13 heteroatoms. The number of nitrogens with one attached hydrogen (secondary N) is 1. The Morgan fingerprint density at radius 3 is 1.81 bits per heavy atom. The van der Waals surface area contributed by atoms with Gasteiger partial charge in [0, 0.05) is 16.6 Å². The van der Waals surface area contributed by atoms with Crippen LogP contribution in [0.4, 0.5) is 28.4 Å². The van der Waals surface area contributed by atoms with Crippen molar-refractivity contribution in [3.05, 3.63) is 115 Å². The minimum Gasteiger partial charge on any atom is -1.00 e. The summed E-state index contributed by atoms with van der Waals surface area (Å²) in [4.78, 5) is 12.2. The Hall–Kier alpha value is -3.26. The van der Waals surface area contributed by atoms with Crippen molar-refractivity contribution < 1.29 is 84.8 Å². The maximum absolute atomic E-state index is 12.4. The first-order valence-corrected chi connectivity index (χ1v) is 13.3. The number of aromatic hydroxyl groups is 1. The van der Waals surface area contributed by atoms with Crippen molar-refractivity contribution in [3.8, 4) is 5.75 Å². The van der Waals surface area contributed by atoms with E-state index < -0.39 is 10.1 Å². The Morgan fingerprint density at radius 2 is 1.24 bits per heavy atom. The molecule has 0 fully saturated rings. The molecule has 0 unspecified atom stereocenters. The Labute approximate surface area is 288 Å². The minimum absolute atomic E-state index is 0. The van der Waals surface area contributed by atoms with Gasteiger partial charge in [-0.3, -0.25) is 9.35 Å². The quantitative estimate of drug-likeness (QED) is 0.149. The van der Waals surface area contributed by atoms with Crippen LogP contribution in [-0.4, -0.2) is 24.0 Å². The van der Waals surface area contributed by atoms with Crippen LogP contribution in [-0.2, 0) is 10.1 Å². The second-order valence-electron chi connectivity index (χ2n) is 8.57. The first kappa shape index (κ1) is 33.2. The molecule has 0 heterocycles. The van der Waals surface area contributed by atoms with Gasteiger partial charge in [0.15, 0.2) is 5.75 Å². The molecule has 3 N–H and O–H groups in total. The van der Waals surface area contributed by atoms with Crippen molar-refractivity contribution in [2.75, 3.05) is 5.32 Å². The molecule has 10 nitrogen and oxygen atoms in total. The van der Waals surface area contributed by atoms with Crippen LogP contribution in [0.3, 0.4) is 0 Å². The Kier molecular flexibility index (Phi) is 11.7. The fraction of sp³-hybridized carbons (Fsp3) is 0. The summed E-state index contributed by atoms with van der Waals surface area (Å²) >= 11 is 0. The molecule has 1 amide bonds. The number of phenolic OH excluding ortho intramolecular Hbond substituents is 1. The molecule has 0 aliphatic carbocycles. The van der Waals surface area contributed by atoms with Crippen LogP contribution in [0.15, 0.2) is 135 Å². The molecule has 0 saturated heterocycles. The number of carbonyl (C=O) groups is 1. The molecule has 0 spiro atoms. The van der Waals surface area contributed by atoms with Gasteiger partial charge in [-0.1, -0.05) is 24.3 Å². The van der Waals surface area contributed by atoms with Crippen LogP contribution >= 0.6 is 0 Å². The average Bonchev–Trinajstić information content (AvgIpc) is 2.96. The molecule has 5 aromatic rings. The number of phenols is 1. The van der Waals surface area contributed by atoms with Crippen molar-refractivity contribution >= 4 is 55.2 Å². The third-order valence-corrected chi connectivity index (χ3v) is 6.67. The SMILES string of the molecule is O=C(Nc1ccc2c(O)c(N=Nc3ccc(N=Nc4ccc(S(=O)(=O)O)cc4)cc3)ccc2c1)c1ccccc1.[H-].[H-].[Na+].[Na+]. The molecule has 5 rings (SSSR count). The van der Waals surface area contributed by atoms with Crippen LogP contribution < -0.4 is 64.4 Å². The molecule has 0 bridgehead atoms. The number of nitrogens with zero attached hydrogens (tertiary/aromatic N) is 4. The van der Waals surface area contributed by atoms with Gasteiger partial charge >= 0.3 is 59.1 Å². The summed E-state index contributed by atoms with van der Waals surface area (Å²) < 4.78 is 31.3. The van der Waals surface area contributed by atoms with E-state index in [1.54, 1.807) is 78.9 Å². The Morgan fingerprint density at radius 1 is 0.690 bits per heavy atom. The summed E-state index contributed by atoms with van der Waals surface area (Å²) in [7, 11) is -4.27. The minimum atomic E-state index is -4.27. The third kappa shape index (κ3) is 8.40. The van der Waals surface area contributed by atoms with Crippen molar-refractivity contribution in [3.63, 3.8) is 0 Å². The van der Waals surface area contributed by atoms with Gasteiger partial charge in [-0.15, -0.1) is 5.11 Å². The number of azo groups is 2. The molecule has 0 aliphatic heterocycles. The van der Waals surface area contributed by atoms with Crippen LogP contribution in [0.5, 0.6) is 5.75 Å². The summed E-state index contributed by atoms with van der Waals surface area (Å²) in [6.07, 6.45) is 0. The van der Waals surface area contributed by atoms with E-state index in [-0.39, 0.29) is 84.2 Å². The molecule has 0 aliphatic rings. The van der Waals surface area contributed by atoms with Crippen molar-refractivity contribution in [2.24, 2.45) is 20.5 Å². The van der Waals surface area contributed by atoms with Crippen LogP contribution in [0.1, 0.15) is 13.2 Å². The third-order valence-electron chi connectivity index (χ3n) is 5.80. The van der Waals surface area contributed by atoms with E-state index in [0.29, 0.717) is 33.7 Å². The van der Waals surface area contributed by atoms with Crippen molar-refractivity contribution in [1.29, 1.82) is 0 Å². The second-order valence-corrected chi connectivity index (χ2v) is 10.00. The Bertz CT molecular complexity index is 1880. The number of amides is 1. The molecule has 0 atom stereocenters. The van der Waals surface area contributed by atoms with Gasteiger partial charge in [0.2, 0.25) is 0 Å². The van der Waals surface area contributed by atoms with Crippen molar-refractivity contribution in [2.45, 2.75) is 4.90 Å². The largest absolute Gasteiger partial charge is 1.00 e. The molecule has 202 valence electrons. The van der Waals surface area contributed by atoms with Gasteiger partial charge in [0.1, 0.15) is 5.69 Å². The fourth-order valence-electron chi connectivity index (χ4n) is 3.75. The molecule has 0 radical (unpaired) electrons. The summed E-state index contributed by atoms with van der Waals surface area (Å²) in [5.41, 5.74) is 2.89. The van der Waals surface area contributed by atoms with Crippen LogP contribution in [0.25, 0.3) is 10.8 Å². The second kappa shape index (κ2) is 14.8. The van der Waals surface area contributed by atoms with Gasteiger partial charge in [-0.05, 0) is 90.3 Å². The maximum Gasteiger partial charge on any atom is 1.00 e. The molecular weight excluding hydrogens is 576 g/mol. The van der Waals surface area contributed by atoms with Crippen molar-refractivity contribution in [1.82, 2.24) is 0 Å². The molecule has 0 aromatic heterocycles. The zero-order valence-electron chi connectivity index (χ0n) is 24.7. The fourth-order valence-corrected chi connectivity index (χ4v) is 4.23. The summed E-state index contributed by atoms with van der Waals surface area (Å²) in [5, 5.41) is 31.4. The van der Waals surface area contributed by atoms with Gasteiger partial charge in [0.25, 0.3) is 16.0 Å².